The Morgan fingerprint density at radius 3 is 2.43 bits per heavy atom. The molecule has 1 heterocycles. The molecule has 1 saturated carbocycles. The van der Waals surface area contributed by atoms with Crippen LogP contribution in [0, 0.1) is 5.92 Å². The fourth-order valence-corrected chi connectivity index (χ4v) is 5.08. The molecule has 2 unspecified atom stereocenters. The summed E-state index contributed by atoms with van der Waals surface area (Å²) >= 11 is 0. The van der Waals surface area contributed by atoms with E-state index in [1.807, 2.05) is 18.2 Å². The molecule has 4 nitrogen and oxygen atoms in total. The van der Waals surface area contributed by atoms with Gasteiger partial charge >= 0.3 is 0 Å². The zero-order chi connectivity index (χ0) is 21.0. The lowest BCUT2D eigenvalue weighted by Gasteiger charge is -2.50. The number of ether oxygens (including phenoxy) is 4. The molecule has 158 valence electrons. The molecule has 0 saturated heterocycles. The molecule has 2 aromatic rings. The van der Waals surface area contributed by atoms with Crippen molar-refractivity contribution in [2.75, 3.05) is 27.9 Å². The van der Waals surface area contributed by atoms with Crippen molar-refractivity contribution >= 4 is 16.8 Å². The van der Waals surface area contributed by atoms with Crippen molar-refractivity contribution in [2.24, 2.45) is 5.92 Å². The summed E-state index contributed by atoms with van der Waals surface area (Å²) in [6, 6.07) is 13.0. The topological polar surface area (TPSA) is 36.9 Å². The second kappa shape index (κ2) is 9.17. The molecule has 0 spiro atoms. The highest BCUT2D eigenvalue weighted by Gasteiger charge is 2.54. The maximum Gasteiger partial charge on any atom is 0.201 e. The Hall–Kier alpha value is -2.40. The fraction of sp³-hybridized carbons (Fsp3) is 0.385. The molecular formula is C26H30O4. The van der Waals surface area contributed by atoms with Gasteiger partial charge in [-0.25, -0.2) is 0 Å². The smallest absolute Gasteiger partial charge is 0.201 e. The summed E-state index contributed by atoms with van der Waals surface area (Å²) in [4.78, 5) is 0. The van der Waals surface area contributed by atoms with E-state index in [1.165, 1.54) is 21.9 Å². The Balaban J connectivity index is 0.000000313. The van der Waals surface area contributed by atoms with Crippen LogP contribution in [0.5, 0.6) is 0 Å². The Morgan fingerprint density at radius 2 is 1.80 bits per heavy atom. The molecule has 0 aromatic heterocycles. The minimum atomic E-state index is -0.750. The molecule has 2 aliphatic carbocycles. The van der Waals surface area contributed by atoms with Crippen LogP contribution in [0.15, 0.2) is 67.0 Å². The van der Waals surface area contributed by atoms with Crippen LogP contribution in [0.25, 0.3) is 16.8 Å². The number of fused-ring (bicyclic) bond motifs is 5. The third kappa shape index (κ3) is 3.60. The molecule has 1 aliphatic heterocycles. The van der Waals surface area contributed by atoms with Gasteiger partial charge in [-0.05, 0) is 52.8 Å². The van der Waals surface area contributed by atoms with Crippen LogP contribution in [0.1, 0.15) is 29.9 Å². The van der Waals surface area contributed by atoms with Crippen molar-refractivity contribution in [1.29, 1.82) is 0 Å². The summed E-state index contributed by atoms with van der Waals surface area (Å²) in [7, 11) is 5.21. The average molecular weight is 407 g/mol. The van der Waals surface area contributed by atoms with Gasteiger partial charge in [0.05, 0.1) is 6.26 Å². The van der Waals surface area contributed by atoms with Gasteiger partial charge in [0.1, 0.15) is 12.7 Å². The normalized spacial score (nSPS) is 25.6. The van der Waals surface area contributed by atoms with Gasteiger partial charge in [0.15, 0.2) is 0 Å². The predicted molar refractivity (Wildman–Crippen MR) is 120 cm³/mol. The van der Waals surface area contributed by atoms with Gasteiger partial charge in [-0.3, -0.25) is 0 Å². The van der Waals surface area contributed by atoms with Crippen LogP contribution in [-0.4, -0.2) is 39.8 Å². The largest absolute Gasteiger partial charge is 0.497 e. The van der Waals surface area contributed by atoms with E-state index in [0.29, 0.717) is 5.92 Å². The highest BCUT2D eigenvalue weighted by atomic mass is 16.7. The van der Waals surface area contributed by atoms with Gasteiger partial charge in [-0.1, -0.05) is 54.6 Å². The van der Waals surface area contributed by atoms with E-state index in [0.717, 1.165) is 19.4 Å². The van der Waals surface area contributed by atoms with Gasteiger partial charge in [0.2, 0.25) is 5.79 Å². The summed E-state index contributed by atoms with van der Waals surface area (Å²) in [6.07, 6.45) is 14.0. The molecule has 0 N–H and O–H groups in total. The quantitative estimate of drug-likeness (QED) is 0.635. The number of allylic oxidation sites excluding steroid dienone is 3. The molecule has 2 aromatic carbocycles. The first-order valence-electron chi connectivity index (χ1n) is 10.5. The number of hydrogen-bond donors (Lipinski definition) is 0. The Labute approximate surface area is 178 Å². The van der Waals surface area contributed by atoms with Crippen LogP contribution in [-0.2, 0) is 18.9 Å². The van der Waals surface area contributed by atoms with Crippen molar-refractivity contribution < 1.29 is 18.9 Å². The SMILES string of the molecule is C1=CCOC=C1.CO[C@H]1CCC2C=Cc3c(ccc4ccccc34)C2C1(OC)OC. The van der Waals surface area contributed by atoms with Gasteiger partial charge < -0.3 is 18.9 Å². The molecule has 4 heteroatoms. The Kier molecular flexibility index (Phi) is 6.38. The third-order valence-electron chi connectivity index (χ3n) is 6.46. The summed E-state index contributed by atoms with van der Waals surface area (Å²) in [5, 5.41) is 2.55. The molecule has 1 fully saturated rings. The zero-order valence-corrected chi connectivity index (χ0v) is 17.9. The van der Waals surface area contributed by atoms with Gasteiger partial charge in [-0.15, -0.1) is 0 Å². The van der Waals surface area contributed by atoms with E-state index < -0.39 is 5.79 Å². The monoisotopic (exact) mass is 406 g/mol. The van der Waals surface area contributed by atoms with E-state index in [-0.39, 0.29) is 12.0 Å². The lowest BCUT2D eigenvalue weighted by molar-refractivity contribution is -0.294. The van der Waals surface area contributed by atoms with Crippen LogP contribution in [0.2, 0.25) is 0 Å². The molecular weight excluding hydrogens is 376 g/mol. The molecule has 3 aliphatic rings. The second-order valence-corrected chi connectivity index (χ2v) is 7.81. The Morgan fingerprint density at radius 1 is 0.967 bits per heavy atom. The second-order valence-electron chi connectivity index (χ2n) is 7.81. The van der Waals surface area contributed by atoms with Crippen LogP contribution in [0.3, 0.4) is 0 Å². The summed E-state index contributed by atoms with van der Waals surface area (Å²) in [5.41, 5.74) is 2.58. The molecule has 3 atom stereocenters. The van der Waals surface area contributed by atoms with E-state index in [4.69, 9.17) is 18.9 Å². The molecule has 0 amide bonds. The van der Waals surface area contributed by atoms with E-state index in [9.17, 15) is 0 Å². The van der Waals surface area contributed by atoms with Gasteiger partial charge in [-0.2, -0.15) is 0 Å². The molecule has 5 rings (SSSR count). The predicted octanol–water partition coefficient (Wildman–Crippen LogP) is 5.45. The molecule has 0 radical (unpaired) electrons. The van der Waals surface area contributed by atoms with E-state index >= 15 is 0 Å². The Bertz CT molecular complexity index is 943. The van der Waals surface area contributed by atoms with Crippen LogP contribution >= 0.6 is 0 Å². The standard InChI is InChI=1S/C21H24O3.C5H6O/c1-22-19-13-10-15-9-11-17-16-7-5-4-6-14(16)8-12-18(17)20(15)21(19,23-2)24-3;1-2-4-6-5-3-1/h4-9,11-12,15,19-20H,10,13H2,1-3H3;1-4H,5H2/t15?,19-,20?;/m0./s1. The first kappa shape index (κ1) is 20.9. The van der Waals surface area contributed by atoms with Gasteiger partial charge in [0, 0.05) is 27.2 Å². The first-order chi connectivity index (χ1) is 14.7. The summed E-state index contributed by atoms with van der Waals surface area (Å²) in [5.74, 6) is -0.208. The van der Waals surface area contributed by atoms with Crippen molar-refractivity contribution in [3.05, 3.63) is 78.1 Å². The van der Waals surface area contributed by atoms with Crippen LogP contribution < -0.4 is 0 Å². The van der Waals surface area contributed by atoms with Crippen molar-refractivity contribution in [2.45, 2.75) is 30.7 Å². The third-order valence-corrected chi connectivity index (χ3v) is 6.46. The molecule has 30 heavy (non-hydrogen) atoms. The lowest BCUT2D eigenvalue weighted by Crippen LogP contribution is -2.57. The van der Waals surface area contributed by atoms with Crippen molar-refractivity contribution in [3.8, 4) is 0 Å². The minimum absolute atomic E-state index is 0.0698. The maximum absolute atomic E-state index is 5.99. The lowest BCUT2D eigenvalue weighted by atomic mass is 9.66. The minimum Gasteiger partial charge on any atom is -0.497 e. The number of hydrogen-bond acceptors (Lipinski definition) is 4. The first-order valence-corrected chi connectivity index (χ1v) is 10.5. The fourth-order valence-electron chi connectivity index (χ4n) is 5.08. The zero-order valence-electron chi connectivity index (χ0n) is 17.9. The van der Waals surface area contributed by atoms with Gasteiger partial charge in [0.25, 0.3) is 0 Å². The van der Waals surface area contributed by atoms with E-state index in [2.05, 4.69) is 48.6 Å². The number of benzene rings is 2. The molecule has 0 bridgehead atoms. The maximum atomic E-state index is 5.99. The highest BCUT2D eigenvalue weighted by Crippen LogP contribution is 2.52. The highest BCUT2D eigenvalue weighted by molar-refractivity contribution is 5.92. The number of methoxy groups -OCH3 is 3. The summed E-state index contributed by atoms with van der Waals surface area (Å²) < 4.78 is 22.5. The average Bonchev–Trinajstić information content (AvgIpc) is 2.84. The number of rotatable bonds is 3. The van der Waals surface area contributed by atoms with Crippen molar-refractivity contribution in [1.82, 2.24) is 0 Å². The van der Waals surface area contributed by atoms with E-state index in [1.54, 1.807) is 27.6 Å². The van der Waals surface area contributed by atoms with Crippen molar-refractivity contribution in [3.63, 3.8) is 0 Å². The van der Waals surface area contributed by atoms with Crippen LogP contribution in [0.4, 0.5) is 0 Å². The summed E-state index contributed by atoms with van der Waals surface area (Å²) in [6.45, 7) is 0.733.